The Bertz CT molecular complexity index is 387. The van der Waals surface area contributed by atoms with Gasteiger partial charge in [-0.25, -0.2) is 0 Å². The number of hydrogen-bond acceptors (Lipinski definition) is 1. The highest BCUT2D eigenvalue weighted by Gasteiger charge is 2.17. The maximum atomic E-state index is 3.72. The van der Waals surface area contributed by atoms with Crippen molar-refractivity contribution in [2.45, 2.75) is 66.8 Å². The molecule has 1 heteroatoms. The first-order valence-corrected chi connectivity index (χ1v) is 7.64. The number of hydrogen-bond donors (Lipinski definition) is 1. The van der Waals surface area contributed by atoms with E-state index in [9.17, 15) is 0 Å². The number of nitrogens with one attached hydrogen (secondary N) is 1. The summed E-state index contributed by atoms with van der Waals surface area (Å²) in [5.41, 5.74) is 4.65. The summed E-state index contributed by atoms with van der Waals surface area (Å²) in [6.07, 6.45) is 3.66. The average molecular weight is 261 g/mol. The molecule has 0 saturated heterocycles. The van der Waals surface area contributed by atoms with E-state index in [0.717, 1.165) is 6.54 Å². The standard InChI is InChI=1S/C18H31N/c1-7-12-19-17(10-11-18(4,5)6)16-9-8-14(2)13-15(16)3/h8-9,13,17,19H,7,10-12H2,1-6H3. The fraction of sp³-hybridized carbons (Fsp3) is 0.667. The van der Waals surface area contributed by atoms with Gasteiger partial charge in [0.05, 0.1) is 0 Å². The van der Waals surface area contributed by atoms with Gasteiger partial charge in [-0.15, -0.1) is 0 Å². The zero-order chi connectivity index (χ0) is 14.5. The molecule has 0 aliphatic rings. The molecule has 1 N–H and O–H groups in total. The van der Waals surface area contributed by atoms with Crippen LogP contribution in [0.3, 0.4) is 0 Å². The van der Waals surface area contributed by atoms with Gasteiger partial charge in [0.2, 0.25) is 0 Å². The zero-order valence-corrected chi connectivity index (χ0v) is 13.6. The van der Waals surface area contributed by atoms with Crippen LogP contribution in [-0.4, -0.2) is 6.54 Å². The van der Waals surface area contributed by atoms with Crippen molar-refractivity contribution < 1.29 is 0 Å². The minimum Gasteiger partial charge on any atom is -0.310 e. The molecule has 1 rings (SSSR count). The number of rotatable bonds is 6. The monoisotopic (exact) mass is 261 g/mol. The molecule has 0 aliphatic heterocycles. The molecule has 0 bridgehead atoms. The Balaban J connectivity index is 2.83. The Hall–Kier alpha value is -0.820. The van der Waals surface area contributed by atoms with Crippen LogP contribution in [0.1, 0.15) is 69.7 Å². The molecule has 0 saturated carbocycles. The summed E-state index contributed by atoms with van der Waals surface area (Å²) in [4.78, 5) is 0. The van der Waals surface area contributed by atoms with Gasteiger partial charge in [0.1, 0.15) is 0 Å². The lowest BCUT2D eigenvalue weighted by molar-refractivity contribution is 0.332. The van der Waals surface area contributed by atoms with Crippen molar-refractivity contribution in [1.82, 2.24) is 5.32 Å². The van der Waals surface area contributed by atoms with E-state index in [0.29, 0.717) is 11.5 Å². The first-order valence-electron chi connectivity index (χ1n) is 7.64. The van der Waals surface area contributed by atoms with Crippen LogP contribution in [0.2, 0.25) is 0 Å². The van der Waals surface area contributed by atoms with E-state index in [1.54, 1.807) is 0 Å². The second-order valence-corrected chi connectivity index (χ2v) is 6.97. The smallest absolute Gasteiger partial charge is 0.0323 e. The largest absolute Gasteiger partial charge is 0.310 e. The van der Waals surface area contributed by atoms with Gasteiger partial charge in [0.25, 0.3) is 0 Å². The van der Waals surface area contributed by atoms with Crippen LogP contribution in [0.5, 0.6) is 0 Å². The van der Waals surface area contributed by atoms with Gasteiger partial charge in [-0.2, -0.15) is 0 Å². The highest BCUT2D eigenvalue weighted by atomic mass is 14.9. The van der Waals surface area contributed by atoms with Crippen LogP contribution >= 0.6 is 0 Å². The highest BCUT2D eigenvalue weighted by molar-refractivity contribution is 5.32. The Kier molecular flexibility index (Phi) is 6.06. The van der Waals surface area contributed by atoms with E-state index in [-0.39, 0.29) is 0 Å². The molecule has 0 heterocycles. The quantitative estimate of drug-likeness (QED) is 0.745. The molecule has 0 fully saturated rings. The van der Waals surface area contributed by atoms with E-state index >= 15 is 0 Å². The number of benzene rings is 1. The molecule has 0 amide bonds. The summed E-state index contributed by atoms with van der Waals surface area (Å²) < 4.78 is 0. The van der Waals surface area contributed by atoms with Gasteiger partial charge in [0.15, 0.2) is 0 Å². The van der Waals surface area contributed by atoms with E-state index in [1.807, 2.05) is 0 Å². The predicted octanol–water partition coefficient (Wildman–Crippen LogP) is 5.17. The van der Waals surface area contributed by atoms with Crippen molar-refractivity contribution >= 4 is 0 Å². The number of aryl methyl sites for hydroxylation is 2. The summed E-state index contributed by atoms with van der Waals surface area (Å²) in [6.45, 7) is 14.7. The minimum absolute atomic E-state index is 0.407. The van der Waals surface area contributed by atoms with Crippen molar-refractivity contribution in [3.63, 3.8) is 0 Å². The fourth-order valence-electron chi connectivity index (χ4n) is 2.48. The minimum atomic E-state index is 0.407. The summed E-state index contributed by atoms with van der Waals surface area (Å²) in [7, 11) is 0. The van der Waals surface area contributed by atoms with Crippen LogP contribution < -0.4 is 5.32 Å². The Morgan fingerprint density at radius 1 is 1.16 bits per heavy atom. The molecule has 1 nitrogen and oxygen atoms in total. The lowest BCUT2D eigenvalue weighted by atomic mass is 9.86. The van der Waals surface area contributed by atoms with E-state index in [4.69, 9.17) is 0 Å². The molecule has 108 valence electrons. The highest BCUT2D eigenvalue weighted by Crippen LogP contribution is 2.29. The van der Waals surface area contributed by atoms with Crippen LogP contribution in [0.25, 0.3) is 0 Å². The summed E-state index contributed by atoms with van der Waals surface area (Å²) >= 11 is 0. The third-order valence-electron chi connectivity index (χ3n) is 3.62. The molecule has 0 aliphatic carbocycles. The lowest BCUT2D eigenvalue weighted by Crippen LogP contribution is -2.24. The second-order valence-electron chi connectivity index (χ2n) is 6.97. The van der Waals surface area contributed by atoms with Crippen molar-refractivity contribution in [1.29, 1.82) is 0 Å². The SMILES string of the molecule is CCCNC(CCC(C)(C)C)c1ccc(C)cc1C. The molecule has 1 aromatic rings. The molecule has 1 unspecified atom stereocenters. The van der Waals surface area contributed by atoms with Crippen molar-refractivity contribution in [3.8, 4) is 0 Å². The Morgan fingerprint density at radius 2 is 1.84 bits per heavy atom. The van der Waals surface area contributed by atoms with Gasteiger partial charge < -0.3 is 5.32 Å². The van der Waals surface area contributed by atoms with E-state index < -0.39 is 0 Å². The zero-order valence-electron chi connectivity index (χ0n) is 13.6. The topological polar surface area (TPSA) is 12.0 Å². The summed E-state index contributed by atoms with van der Waals surface area (Å²) in [5.74, 6) is 0. The maximum absolute atomic E-state index is 3.72. The van der Waals surface area contributed by atoms with E-state index in [2.05, 4.69) is 65.1 Å². The third-order valence-corrected chi connectivity index (χ3v) is 3.62. The summed E-state index contributed by atoms with van der Waals surface area (Å²) in [5, 5.41) is 3.72. The molecular weight excluding hydrogens is 230 g/mol. The normalized spacial score (nSPS) is 13.6. The van der Waals surface area contributed by atoms with Gasteiger partial charge in [-0.05, 0) is 56.2 Å². The van der Waals surface area contributed by atoms with E-state index in [1.165, 1.54) is 36.0 Å². The Labute approximate surface area is 119 Å². The first kappa shape index (κ1) is 16.2. The predicted molar refractivity (Wildman–Crippen MR) is 85.6 cm³/mol. The molecule has 1 aromatic carbocycles. The molecular formula is C18H31N. The molecule has 1 atom stereocenters. The van der Waals surface area contributed by atoms with Gasteiger partial charge in [-0.3, -0.25) is 0 Å². The molecule has 0 radical (unpaired) electrons. The first-order chi connectivity index (χ1) is 8.83. The summed E-state index contributed by atoms with van der Waals surface area (Å²) in [6, 6.07) is 7.34. The third kappa shape index (κ3) is 5.78. The van der Waals surface area contributed by atoms with Crippen molar-refractivity contribution in [3.05, 3.63) is 34.9 Å². The van der Waals surface area contributed by atoms with Crippen molar-refractivity contribution in [2.24, 2.45) is 5.41 Å². The lowest BCUT2D eigenvalue weighted by Gasteiger charge is -2.25. The molecule has 0 spiro atoms. The maximum Gasteiger partial charge on any atom is 0.0323 e. The Morgan fingerprint density at radius 3 is 2.37 bits per heavy atom. The molecule has 0 aromatic heterocycles. The molecule has 19 heavy (non-hydrogen) atoms. The van der Waals surface area contributed by atoms with Crippen LogP contribution in [-0.2, 0) is 0 Å². The van der Waals surface area contributed by atoms with Crippen LogP contribution in [0, 0.1) is 19.3 Å². The van der Waals surface area contributed by atoms with Crippen molar-refractivity contribution in [2.75, 3.05) is 6.54 Å². The second kappa shape index (κ2) is 7.09. The average Bonchev–Trinajstić information content (AvgIpc) is 2.29. The van der Waals surface area contributed by atoms with Crippen LogP contribution in [0.4, 0.5) is 0 Å². The fourth-order valence-corrected chi connectivity index (χ4v) is 2.48. The van der Waals surface area contributed by atoms with Crippen LogP contribution in [0.15, 0.2) is 18.2 Å². The van der Waals surface area contributed by atoms with Gasteiger partial charge in [0, 0.05) is 6.04 Å². The van der Waals surface area contributed by atoms with Gasteiger partial charge >= 0.3 is 0 Å². The van der Waals surface area contributed by atoms with Gasteiger partial charge in [-0.1, -0.05) is 51.5 Å².